The van der Waals surface area contributed by atoms with E-state index in [1.165, 1.54) is 9.13 Å². The smallest absolute Gasteiger partial charge is 0.337 e. The topological polar surface area (TPSA) is 127 Å². The fourth-order valence-corrected chi connectivity index (χ4v) is 8.17. The first-order valence-corrected chi connectivity index (χ1v) is 18.1. The molecule has 1 saturated heterocycles. The maximum absolute atomic E-state index is 14.5. The molecule has 1 amide bonds. The number of hydrogen-bond donors (Lipinski definition) is 2. The van der Waals surface area contributed by atoms with Crippen molar-refractivity contribution in [3.8, 4) is 16.8 Å². The van der Waals surface area contributed by atoms with E-state index in [9.17, 15) is 23.9 Å². The minimum Gasteiger partial charge on any atom is -0.395 e. The number of imidazole rings is 1. The van der Waals surface area contributed by atoms with E-state index in [4.69, 9.17) is 0 Å². The van der Waals surface area contributed by atoms with Crippen molar-refractivity contribution in [3.63, 3.8) is 0 Å². The number of aromatic nitrogens is 5. The Balaban J connectivity index is 1.05. The van der Waals surface area contributed by atoms with E-state index >= 15 is 0 Å². The lowest BCUT2D eigenvalue weighted by molar-refractivity contribution is 0.0917. The van der Waals surface area contributed by atoms with Gasteiger partial charge in [-0.3, -0.25) is 19.1 Å². The van der Waals surface area contributed by atoms with Crippen molar-refractivity contribution in [1.82, 2.24) is 33.9 Å². The number of nitrogens with one attached hydrogen (secondary N) is 1. The van der Waals surface area contributed by atoms with Gasteiger partial charge in [0.15, 0.2) is 5.65 Å². The van der Waals surface area contributed by atoms with Gasteiger partial charge in [-0.15, -0.1) is 0 Å². The molecular weight excluding hydrogens is 649 g/mol. The molecule has 51 heavy (non-hydrogen) atoms. The van der Waals surface area contributed by atoms with Crippen LogP contribution in [-0.2, 0) is 19.5 Å². The summed E-state index contributed by atoms with van der Waals surface area (Å²) < 4.78 is 19.3. The molecule has 11 nitrogen and oxygen atoms in total. The molecule has 1 aliphatic carbocycles. The Hall–Kier alpha value is -4.94. The average Bonchev–Trinajstić information content (AvgIpc) is 3.80. The highest BCUT2D eigenvalue weighted by molar-refractivity contribution is 5.92. The summed E-state index contributed by atoms with van der Waals surface area (Å²) in [6.45, 7) is 2.80. The maximum atomic E-state index is 14.5. The first-order valence-electron chi connectivity index (χ1n) is 18.1. The number of benzene rings is 2. The predicted octanol–water partition coefficient (Wildman–Crippen LogP) is 4.76. The Bertz CT molecular complexity index is 2180. The predicted molar refractivity (Wildman–Crippen MR) is 191 cm³/mol. The lowest BCUT2D eigenvalue weighted by atomic mass is 9.90. The van der Waals surface area contributed by atoms with Crippen LogP contribution in [0.5, 0.6) is 0 Å². The molecule has 0 radical (unpaired) electrons. The fraction of sp³-hybridized carbons (Fsp3) is 0.410. The normalized spacial score (nSPS) is 20.8. The van der Waals surface area contributed by atoms with E-state index in [2.05, 4.69) is 36.9 Å². The van der Waals surface area contributed by atoms with Crippen molar-refractivity contribution >= 4 is 16.9 Å². The van der Waals surface area contributed by atoms with Crippen LogP contribution in [-0.4, -0.2) is 64.8 Å². The molecule has 1 saturated carbocycles. The summed E-state index contributed by atoms with van der Waals surface area (Å²) in [6, 6.07) is 16.6. The molecule has 3 aliphatic rings. The van der Waals surface area contributed by atoms with Crippen molar-refractivity contribution in [3.05, 3.63) is 111 Å². The van der Waals surface area contributed by atoms with E-state index in [1.54, 1.807) is 6.07 Å². The third-order valence-electron chi connectivity index (χ3n) is 10.9. The van der Waals surface area contributed by atoms with Gasteiger partial charge in [0.2, 0.25) is 0 Å². The van der Waals surface area contributed by atoms with Gasteiger partial charge in [0.05, 0.1) is 23.9 Å². The van der Waals surface area contributed by atoms with Gasteiger partial charge in [-0.05, 0) is 92.8 Å². The van der Waals surface area contributed by atoms with Crippen molar-refractivity contribution in [2.45, 2.75) is 89.0 Å². The molecule has 264 valence electrons. The zero-order chi connectivity index (χ0) is 35.1. The van der Waals surface area contributed by atoms with Gasteiger partial charge in [0, 0.05) is 43.8 Å². The average molecular weight is 692 g/mol. The van der Waals surface area contributed by atoms with Crippen molar-refractivity contribution in [2.75, 3.05) is 13.2 Å². The Morgan fingerprint density at radius 1 is 0.941 bits per heavy atom. The molecule has 2 aliphatic heterocycles. The van der Waals surface area contributed by atoms with E-state index in [-0.39, 0.29) is 35.6 Å². The number of likely N-dealkylation sites (tertiary alicyclic amines) is 1. The van der Waals surface area contributed by atoms with E-state index in [1.807, 2.05) is 36.5 Å². The first-order chi connectivity index (χ1) is 24.9. The standard InChI is InChI=1S/C39H42FN7O4/c40-28-20-33-36(41-21-28)46(31-6-3-5-27(19-31)26-11-9-25(10-12-26)22-44-18-4-7-32(44)24-48)39(51)47(38(33)50)30-15-13-29(14-16-30)42-37(49)34-23-45-17-2-1-8-35(45)43-34/h3,5-6,9-12,19-21,23,29-30,32,48H,1-2,4,7-8,13-18,22,24H2,(H,42,49)/t29?,30?,32-/m0/s1. The highest BCUT2D eigenvalue weighted by Crippen LogP contribution is 2.29. The number of nitrogens with zero attached hydrogens (tertiary/aromatic N) is 6. The third-order valence-corrected chi connectivity index (χ3v) is 10.9. The van der Waals surface area contributed by atoms with Crippen LogP contribution in [0, 0.1) is 5.82 Å². The van der Waals surface area contributed by atoms with Crippen LogP contribution in [0.1, 0.15) is 79.3 Å². The van der Waals surface area contributed by atoms with Gasteiger partial charge in [-0.25, -0.2) is 23.7 Å². The minimum absolute atomic E-state index is 0.0339. The molecule has 0 bridgehead atoms. The van der Waals surface area contributed by atoms with Crippen LogP contribution < -0.4 is 16.6 Å². The third kappa shape index (κ3) is 6.54. The minimum atomic E-state index is -0.656. The molecule has 12 heteroatoms. The number of halogens is 1. The second-order valence-electron chi connectivity index (χ2n) is 14.2. The van der Waals surface area contributed by atoms with Crippen molar-refractivity contribution in [1.29, 1.82) is 0 Å². The van der Waals surface area contributed by atoms with Gasteiger partial charge >= 0.3 is 5.69 Å². The van der Waals surface area contributed by atoms with E-state index < -0.39 is 23.1 Å². The molecule has 5 aromatic rings. The highest BCUT2D eigenvalue weighted by Gasteiger charge is 2.29. The summed E-state index contributed by atoms with van der Waals surface area (Å²) in [5.74, 6) is 0.0855. The zero-order valence-electron chi connectivity index (χ0n) is 28.5. The Kier molecular flexibility index (Phi) is 9.12. The second-order valence-corrected chi connectivity index (χ2v) is 14.2. The van der Waals surface area contributed by atoms with Gasteiger partial charge in [0.25, 0.3) is 11.5 Å². The summed E-state index contributed by atoms with van der Waals surface area (Å²) in [5, 5.41) is 12.9. The fourth-order valence-electron chi connectivity index (χ4n) is 8.17. The number of fused-ring (bicyclic) bond motifs is 2. The molecule has 3 aromatic heterocycles. The van der Waals surface area contributed by atoms with E-state index in [0.29, 0.717) is 37.1 Å². The molecule has 2 fully saturated rings. The van der Waals surface area contributed by atoms with E-state index in [0.717, 1.165) is 86.5 Å². The van der Waals surface area contributed by atoms with Crippen LogP contribution in [0.4, 0.5) is 4.39 Å². The number of carbonyl (C=O) groups is 1. The molecule has 0 unspecified atom stereocenters. The summed E-state index contributed by atoms with van der Waals surface area (Å²) in [6.07, 6.45) is 10.1. The Morgan fingerprint density at radius 3 is 2.55 bits per heavy atom. The Labute approximate surface area is 294 Å². The lowest BCUT2D eigenvalue weighted by Crippen LogP contribution is -2.45. The van der Waals surface area contributed by atoms with Gasteiger partial charge in [-0.2, -0.15) is 0 Å². The van der Waals surface area contributed by atoms with Gasteiger partial charge in [0.1, 0.15) is 17.3 Å². The molecule has 2 N–H and O–H groups in total. The van der Waals surface area contributed by atoms with Gasteiger partial charge < -0.3 is 15.0 Å². The second kappa shape index (κ2) is 14.0. The summed E-state index contributed by atoms with van der Waals surface area (Å²) >= 11 is 0. The molecular formula is C39H42FN7O4. The number of aliphatic hydroxyl groups excluding tert-OH is 1. The highest BCUT2D eigenvalue weighted by atomic mass is 19.1. The van der Waals surface area contributed by atoms with Crippen LogP contribution in [0.15, 0.2) is 76.6 Å². The summed E-state index contributed by atoms with van der Waals surface area (Å²) in [4.78, 5) is 52.3. The van der Waals surface area contributed by atoms with Crippen LogP contribution in [0.25, 0.3) is 27.8 Å². The van der Waals surface area contributed by atoms with Crippen LogP contribution in [0.2, 0.25) is 0 Å². The SMILES string of the molecule is O=C(NC1CCC(n2c(=O)c3cc(F)cnc3n(-c3cccc(-c4ccc(CN5CCC[C@H]5CO)cc4)c3)c2=O)CC1)c1cn2c(n1)CCCC2. The number of aliphatic hydroxyl groups is 1. The quantitative estimate of drug-likeness (QED) is 0.240. The molecule has 2 aromatic carbocycles. The number of hydrogen-bond acceptors (Lipinski definition) is 7. The van der Waals surface area contributed by atoms with Crippen molar-refractivity contribution < 1.29 is 14.3 Å². The molecule has 8 rings (SSSR count). The Morgan fingerprint density at radius 2 is 1.76 bits per heavy atom. The maximum Gasteiger partial charge on any atom is 0.337 e. The van der Waals surface area contributed by atoms with Crippen LogP contribution >= 0.6 is 0 Å². The number of aryl methyl sites for hydroxylation is 2. The molecule has 1 atom stereocenters. The molecule has 0 spiro atoms. The number of rotatable bonds is 8. The number of amides is 1. The zero-order valence-corrected chi connectivity index (χ0v) is 28.5. The number of carbonyl (C=O) groups excluding carboxylic acids is 1. The summed E-state index contributed by atoms with van der Waals surface area (Å²) in [7, 11) is 0. The van der Waals surface area contributed by atoms with Gasteiger partial charge in [-0.1, -0.05) is 36.4 Å². The lowest BCUT2D eigenvalue weighted by Gasteiger charge is -2.30. The first kappa shape index (κ1) is 33.2. The van der Waals surface area contributed by atoms with Crippen LogP contribution in [0.3, 0.4) is 0 Å². The monoisotopic (exact) mass is 691 g/mol. The summed E-state index contributed by atoms with van der Waals surface area (Å²) in [5.41, 5.74) is 2.94. The number of pyridine rings is 1. The largest absolute Gasteiger partial charge is 0.395 e. The van der Waals surface area contributed by atoms with Crippen molar-refractivity contribution in [2.24, 2.45) is 0 Å². The molecule has 5 heterocycles.